The van der Waals surface area contributed by atoms with E-state index in [0.29, 0.717) is 6.54 Å². The average Bonchev–Trinajstić information content (AvgIpc) is 3.02. The first-order chi connectivity index (χ1) is 11.2. The molecule has 23 heavy (non-hydrogen) atoms. The fraction of sp³-hybridized carbons (Fsp3) is 0.222. The van der Waals surface area contributed by atoms with Gasteiger partial charge in [0.1, 0.15) is 5.75 Å². The number of aryl methyl sites for hydroxylation is 1. The molecule has 5 nitrogen and oxygen atoms in total. The van der Waals surface area contributed by atoms with Gasteiger partial charge in [0, 0.05) is 6.54 Å². The second-order valence-corrected chi connectivity index (χ2v) is 5.41. The van der Waals surface area contributed by atoms with Crippen molar-refractivity contribution in [2.24, 2.45) is 0 Å². The molecule has 0 aliphatic carbocycles. The molecule has 5 heteroatoms. The number of nitrogens with one attached hydrogen (secondary N) is 2. The van der Waals surface area contributed by atoms with E-state index in [-0.39, 0.29) is 12.5 Å². The van der Waals surface area contributed by atoms with Crippen molar-refractivity contribution in [2.45, 2.75) is 13.3 Å². The van der Waals surface area contributed by atoms with Crippen LogP contribution in [0.1, 0.15) is 11.1 Å². The fourth-order valence-corrected chi connectivity index (χ4v) is 2.40. The van der Waals surface area contributed by atoms with E-state index in [0.717, 1.165) is 34.3 Å². The van der Waals surface area contributed by atoms with Crippen LogP contribution in [0, 0.1) is 6.92 Å². The summed E-state index contributed by atoms with van der Waals surface area (Å²) in [5, 5.41) is 2.87. The van der Waals surface area contributed by atoms with Crippen LogP contribution in [-0.2, 0) is 11.2 Å². The molecule has 0 saturated carbocycles. The van der Waals surface area contributed by atoms with Crippen molar-refractivity contribution in [3.8, 4) is 5.75 Å². The molecule has 0 saturated heterocycles. The number of aromatic nitrogens is 2. The van der Waals surface area contributed by atoms with Gasteiger partial charge in [-0.05, 0) is 42.7 Å². The summed E-state index contributed by atoms with van der Waals surface area (Å²) in [6.07, 6.45) is 2.45. The SMILES string of the molecule is Cc1ccccc1OCC(=O)NCCc1ccc2nc[nH]c2c1. The van der Waals surface area contributed by atoms with Crippen molar-refractivity contribution in [2.75, 3.05) is 13.2 Å². The Morgan fingerprint density at radius 1 is 1.26 bits per heavy atom. The van der Waals surface area contributed by atoms with Gasteiger partial charge in [-0.2, -0.15) is 0 Å². The number of H-pyrrole nitrogens is 1. The zero-order valence-corrected chi connectivity index (χ0v) is 13.0. The molecule has 3 aromatic rings. The minimum Gasteiger partial charge on any atom is -0.484 e. The molecule has 3 rings (SSSR count). The van der Waals surface area contributed by atoms with Gasteiger partial charge in [0.15, 0.2) is 6.61 Å². The predicted octanol–water partition coefficient (Wildman–Crippen LogP) is 2.61. The number of hydrogen-bond acceptors (Lipinski definition) is 3. The van der Waals surface area contributed by atoms with Gasteiger partial charge in [0.25, 0.3) is 5.91 Å². The van der Waals surface area contributed by atoms with Crippen LogP contribution in [0.15, 0.2) is 48.8 Å². The number of aromatic amines is 1. The van der Waals surface area contributed by atoms with Gasteiger partial charge in [-0.3, -0.25) is 4.79 Å². The van der Waals surface area contributed by atoms with Gasteiger partial charge in [-0.1, -0.05) is 24.3 Å². The van der Waals surface area contributed by atoms with E-state index < -0.39 is 0 Å². The van der Waals surface area contributed by atoms with Crippen LogP contribution in [0.25, 0.3) is 11.0 Å². The molecule has 2 aromatic carbocycles. The van der Waals surface area contributed by atoms with Gasteiger partial charge < -0.3 is 15.0 Å². The molecule has 0 atom stereocenters. The Balaban J connectivity index is 1.44. The summed E-state index contributed by atoms with van der Waals surface area (Å²) in [5.41, 5.74) is 4.14. The standard InChI is InChI=1S/C18H19N3O2/c1-13-4-2-3-5-17(13)23-11-18(22)19-9-8-14-6-7-15-16(10-14)21-12-20-15/h2-7,10,12H,8-9,11H2,1H3,(H,19,22)(H,20,21). The van der Waals surface area contributed by atoms with Crippen molar-refractivity contribution in [1.29, 1.82) is 0 Å². The molecule has 0 aliphatic rings. The van der Waals surface area contributed by atoms with Crippen LogP contribution in [0.3, 0.4) is 0 Å². The summed E-state index contributed by atoms with van der Waals surface area (Å²) in [4.78, 5) is 19.1. The molecule has 0 radical (unpaired) electrons. The average molecular weight is 309 g/mol. The van der Waals surface area contributed by atoms with Gasteiger partial charge in [0.05, 0.1) is 17.4 Å². The Hall–Kier alpha value is -2.82. The third kappa shape index (κ3) is 3.88. The summed E-state index contributed by atoms with van der Waals surface area (Å²) in [6.45, 7) is 2.57. The quantitative estimate of drug-likeness (QED) is 0.735. The first-order valence-corrected chi connectivity index (χ1v) is 7.59. The number of ether oxygens (including phenoxy) is 1. The van der Waals surface area contributed by atoms with Crippen molar-refractivity contribution in [3.05, 3.63) is 59.9 Å². The summed E-state index contributed by atoms with van der Waals surface area (Å²) in [5.74, 6) is 0.628. The van der Waals surface area contributed by atoms with E-state index in [2.05, 4.69) is 21.4 Å². The minimum absolute atomic E-state index is 0.0322. The Labute approximate surface area is 134 Å². The van der Waals surface area contributed by atoms with Crippen molar-refractivity contribution in [3.63, 3.8) is 0 Å². The lowest BCUT2D eigenvalue weighted by Crippen LogP contribution is -2.30. The van der Waals surface area contributed by atoms with Gasteiger partial charge in [-0.15, -0.1) is 0 Å². The minimum atomic E-state index is -0.115. The predicted molar refractivity (Wildman–Crippen MR) is 89.5 cm³/mol. The molecule has 0 spiro atoms. The van der Waals surface area contributed by atoms with Crippen LogP contribution < -0.4 is 10.1 Å². The highest BCUT2D eigenvalue weighted by molar-refractivity contribution is 5.77. The molecular weight excluding hydrogens is 290 g/mol. The summed E-state index contributed by atoms with van der Waals surface area (Å²) >= 11 is 0. The first kappa shape index (κ1) is 15.1. The highest BCUT2D eigenvalue weighted by atomic mass is 16.5. The maximum Gasteiger partial charge on any atom is 0.257 e. The Morgan fingerprint density at radius 2 is 2.13 bits per heavy atom. The smallest absolute Gasteiger partial charge is 0.257 e. The Morgan fingerprint density at radius 3 is 3.00 bits per heavy atom. The van der Waals surface area contributed by atoms with Crippen LogP contribution in [0.4, 0.5) is 0 Å². The fourth-order valence-electron chi connectivity index (χ4n) is 2.40. The topological polar surface area (TPSA) is 67.0 Å². The molecule has 1 amide bonds. The molecule has 118 valence electrons. The largest absolute Gasteiger partial charge is 0.484 e. The van der Waals surface area contributed by atoms with E-state index in [1.165, 1.54) is 0 Å². The maximum atomic E-state index is 11.8. The second-order valence-electron chi connectivity index (χ2n) is 5.41. The molecule has 0 bridgehead atoms. The van der Waals surface area contributed by atoms with Gasteiger partial charge in [0.2, 0.25) is 0 Å². The first-order valence-electron chi connectivity index (χ1n) is 7.59. The Bertz CT molecular complexity index is 811. The molecule has 2 N–H and O–H groups in total. The number of carbonyl (C=O) groups excluding carboxylic acids is 1. The zero-order chi connectivity index (χ0) is 16.1. The highest BCUT2D eigenvalue weighted by Crippen LogP contribution is 2.15. The second kappa shape index (κ2) is 6.96. The van der Waals surface area contributed by atoms with Crippen LogP contribution >= 0.6 is 0 Å². The highest BCUT2D eigenvalue weighted by Gasteiger charge is 2.04. The molecule has 0 aliphatic heterocycles. The van der Waals surface area contributed by atoms with Crippen LogP contribution in [-0.4, -0.2) is 29.0 Å². The molecule has 0 unspecified atom stereocenters. The molecular formula is C18H19N3O2. The lowest BCUT2D eigenvalue weighted by molar-refractivity contribution is -0.123. The lowest BCUT2D eigenvalue weighted by atomic mass is 10.1. The molecule has 1 aromatic heterocycles. The van der Waals surface area contributed by atoms with E-state index in [1.807, 2.05) is 43.3 Å². The third-order valence-electron chi connectivity index (χ3n) is 3.67. The summed E-state index contributed by atoms with van der Waals surface area (Å²) in [7, 11) is 0. The summed E-state index contributed by atoms with van der Waals surface area (Å²) in [6, 6.07) is 13.7. The zero-order valence-electron chi connectivity index (χ0n) is 13.0. The van der Waals surface area contributed by atoms with E-state index in [9.17, 15) is 4.79 Å². The number of benzene rings is 2. The number of nitrogens with zero attached hydrogens (tertiary/aromatic N) is 1. The number of hydrogen-bond donors (Lipinski definition) is 2. The Kier molecular flexibility index (Phi) is 4.57. The van der Waals surface area contributed by atoms with Gasteiger partial charge >= 0.3 is 0 Å². The number of para-hydroxylation sites is 1. The van der Waals surface area contributed by atoms with Crippen LogP contribution in [0.2, 0.25) is 0 Å². The van der Waals surface area contributed by atoms with Crippen molar-refractivity contribution >= 4 is 16.9 Å². The normalized spacial score (nSPS) is 10.7. The van der Waals surface area contributed by atoms with Gasteiger partial charge in [-0.25, -0.2) is 4.98 Å². The van der Waals surface area contributed by atoms with E-state index in [1.54, 1.807) is 6.33 Å². The van der Waals surface area contributed by atoms with Crippen LogP contribution in [0.5, 0.6) is 5.75 Å². The van der Waals surface area contributed by atoms with Crippen molar-refractivity contribution in [1.82, 2.24) is 15.3 Å². The number of carbonyl (C=O) groups is 1. The number of imidazole rings is 1. The maximum absolute atomic E-state index is 11.8. The van der Waals surface area contributed by atoms with E-state index >= 15 is 0 Å². The lowest BCUT2D eigenvalue weighted by Gasteiger charge is -2.09. The summed E-state index contributed by atoms with van der Waals surface area (Å²) < 4.78 is 5.52. The van der Waals surface area contributed by atoms with Crippen molar-refractivity contribution < 1.29 is 9.53 Å². The van der Waals surface area contributed by atoms with E-state index in [4.69, 9.17) is 4.74 Å². The molecule has 1 heterocycles. The third-order valence-corrected chi connectivity index (χ3v) is 3.67. The number of fused-ring (bicyclic) bond motifs is 1. The number of rotatable bonds is 6. The molecule has 0 fully saturated rings. The monoisotopic (exact) mass is 309 g/mol. The number of amides is 1.